The number of hydrogen-bond donors (Lipinski definition) is 3. The molecular weight excluding hydrogens is 278 g/mol. The predicted molar refractivity (Wildman–Crippen MR) is 78.5 cm³/mol. The number of aliphatic imine (C=N–C) groups is 1. The molecule has 7 nitrogen and oxygen atoms in total. The Morgan fingerprint density at radius 1 is 1.30 bits per heavy atom. The molecule has 0 radical (unpaired) electrons. The lowest BCUT2D eigenvalue weighted by atomic mass is 10.3. The number of para-hydroxylation sites is 1. The average molecular weight is 291 g/mol. The number of thioether (sulfide) groups is 1. The van der Waals surface area contributed by atoms with Gasteiger partial charge in [-0.1, -0.05) is 30.0 Å². The van der Waals surface area contributed by atoms with Crippen LogP contribution in [0.15, 0.2) is 35.3 Å². The smallest absolute Gasteiger partial charge is 0.247 e. The number of guanidine groups is 1. The van der Waals surface area contributed by atoms with Crippen LogP contribution in [0.1, 0.15) is 6.42 Å². The van der Waals surface area contributed by atoms with Gasteiger partial charge in [-0.25, -0.2) is 4.90 Å². The maximum Gasteiger partial charge on any atom is 0.247 e. The minimum absolute atomic E-state index is 0.0285. The summed E-state index contributed by atoms with van der Waals surface area (Å²) in [6.45, 7) is 0. The Hall–Kier alpha value is -2.35. The lowest BCUT2D eigenvalue weighted by Gasteiger charge is -2.14. The summed E-state index contributed by atoms with van der Waals surface area (Å²) in [6.07, 6.45) is 0.0285. The van der Waals surface area contributed by atoms with Gasteiger partial charge in [0.25, 0.3) is 0 Å². The largest absolute Gasteiger partial charge is 0.370 e. The third-order valence-electron chi connectivity index (χ3n) is 2.60. The van der Waals surface area contributed by atoms with Crippen molar-refractivity contribution < 1.29 is 9.59 Å². The van der Waals surface area contributed by atoms with E-state index in [-0.39, 0.29) is 29.4 Å². The van der Waals surface area contributed by atoms with Crippen LogP contribution < -0.4 is 16.4 Å². The summed E-state index contributed by atoms with van der Waals surface area (Å²) in [4.78, 5) is 28.8. The standard InChI is InChI=1S/C12H13N5O2S/c13-11(14)16-12(15)20-8-6-9(18)17(10(8)19)7-4-2-1-3-5-7/h1-5,8H,6H2,(H5,13,14,15,16). The fourth-order valence-corrected chi connectivity index (χ4v) is 2.68. The minimum Gasteiger partial charge on any atom is -0.370 e. The Morgan fingerprint density at radius 2 is 1.95 bits per heavy atom. The van der Waals surface area contributed by atoms with Crippen molar-refractivity contribution in [2.24, 2.45) is 16.5 Å². The maximum absolute atomic E-state index is 12.2. The van der Waals surface area contributed by atoms with Crippen LogP contribution in [0.3, 0.4) is 0 Å². The number of imide groups is 1. The highest BCUT2D eigenvalue weighted by molar-refractivity contribution is 8.14. The Bertz CT molecular complexity index is 583. The Morgan fingerprint density at radius 3 is 2.55 bits per heavy atom. The molecule has 1 saturated heterocycles. The fourth-order valence-electron chi connectivity index (χ4n) is 1.82. The highest BCUT2D eigenvalue weighted by atomic mass is 32.2. The van der Waals surface area contributed by atoms with E-state index in [9.17, 15) is 9.59 Å². The zero-order chi connectivity index (χ0) is 14.7. The average Bonchev–Trinajstić information content (AvgIpc) is 2.64. The number of rotatable bonds is 2. The van der Waals surface area contributed by atoms with Crippen molar-refractivity contribution in [3.8, 4) is 0 Å². The fraction of sp³-hybridized carbons (Fsp3) is 0.167. The van der Waals surface area contributed by atoms with Gasteiger partial charge >= 0.3 is 0 Å². The zero-order valence-electron chi connectivity index (χ0n) is 10.4. The second-order valence-corrected chi connectivity index (χ2v) is 5.25. The first-order valence-electron chi connectivity index (χ1n) is 5.75. The number of carbonyl (C=O) groups is 2. The number of benzene rings is 1. The van der Waals surface area contributed by atoms with E-state index in [2.05, 4.69) is 4.99 Å². The lowest BCUT2D eigenvalue weighted by Crippen LogP contribution is -2.31. The highest BCUT2D eigenvalue weighted by Gasteiger charge is 2.40. The van der Waals surface area contributed by atoms with E-state index in [0.29, 0.717) is 5.69 Å². The van der Waals surface area contributed by atoms with Crippen molar-refractivity contribution in [2.75, 3.05) is 4.90 Å². The monoisotopic (exact) mass is 291 g/mol. The number of nitrogens with two attached hydrogens (primary N) is 2. The summed E-state index contributed by atoms with van der Waals surface area (Å²) < 4.78 is 0. The second-order valence-electron chi connectivity index (χ2n) is 4.06. The molecule has 1 unspecified atom stereocenters. The summed E-state index contributed by atoms with van der Waals surface area (Å²) in [5.41, 5.74) is 10.8. The number of amides is 2. The maximum atomic E-state index is 12.2. The van der Waals surface area contributed by atoms with Crippen LogP contribution in [0.2, 0.25) is 0 Å². The summed E-state index contributed by atoms with van der Waals surface area (Å²) in [6, 6.07) is 8.67. The van der Waals surface area contributed by atoms with Gasteiger partial charge in [-0.2, -0.15) is 4.99 Å². The number of carbonyl (C=O) groups excluding carboxylic acids is 2. The summed E-state index contributed by atoms with van der Waals surface area (Å²) in [5, 5.41) is 6.69. The molecule has 0 aliphatic carbocycles. The van der Waals surface area contributed by atoms with Gasteiger partial charge in [0, 0.05) is 6.42 Å². The quantitative estimate of drug-likeness (QED) is 0.409. The first kappa shape index (κ1) is 14.1. The Balaban J connectivity index is 2.14. The molecule has 8 heteroatoms. The molecule has 1 aromatic carbocycles. The molecule has 1 heterocycles. The van der Waals surface area contributed by atoms with Crippen molar-refractivity contribution in [3.05, 3.63) is 30.3 Å². The predicted octanol–water partition coefficient (Wildman–Crippen LogP) is 0.260. The third-order valence-corrected chi connectivity index (χ3v) is 3.57. The van der Waals surface area contributed by atoms with Crippen LogP contribution in [0.5, 0.6) is 0 Å². The first-order chi connectivity index (χ1) is 9.49. The van der Waals surface area contributed by atoms with E-state index in [1.54, 1.807) is 30.3 Å². The molecule has 104 valence electrons. The van der Waals surface area contributed by atoms with Gasteiger partial charge in [-0.15, -0.1) is 0 Å². The molecule has 1 aliphatic rings. The molecule has 1 aromatic rings. The molecule has 0 bridgehead atoms. The van der Waals surface area contributed by atoms with Crippen molar-refractivity contribution in [1.82, 2.24) is 0 Å². The highest BCUT2D eigenvalue weighted by Crippen LogP contribution is 2.29. The lowest BCUT2D eigenvalue weighted by molar-refractivity contribution is -0.121. The zero-order valence-corrected chi connectivity index (χ0v) is 11.3. The topological polar surface area (TPSA) is 126 Å². The normalized spacial score (nSPS) is 18.2. The van der Waals surface area contributed by atoms with E-state index < -0.39 is 5.25 Å². The number of amidine groups is 1. The van der Waals surface area contributed by atoms with Gasteiger partial charge in [-0.3, -0.25) is 15.0 Å². The molecule has 0 aromatic heterocycles. The SMILES string of the molecule is N=C(N=C(N)N)SC1CC(=O)N(c2ccccc2)C1=O. The summed E-state index contributed by atoms with van der Waals surface area (Å²) in [7, 11) is 0. The first-order valence-corrected chi connectivity index (χ1v) is 6.63. The van der Waals surface area contributed by atoms with Crippen LogP contribution in [-0.4, -0.2) is 28.2 Å². The van der Waals surface area contributed by atoms with Gasteiger partial charge in [0.05, 0.1) is 5.69 Å². The van der Waals surface area contributed by atoms with Crippen molar-refractivity contribution in [3.63, 3.8) is 0 Å². The minimum atomic E-state index is -0.668. The van der Waals surface area contributed by atoms with Crippen molar-refractivity contribution >= 4 is 40.4 Å². The number of nitrogens with one attached hydrogen (secondary N) is 1. The third kappa shape index (κ3) is 2.97. The molecular formula is C12H13N5O2S. The van der Waals surface area contributed by atoms with Gasteiger partial charge in [0.1, 0.15) is 5.25 Å². The molecule has 20 heavy (non-hydrogen) atoms. The van der Waals surface area contributed by atoms with E-state index in [0.717, 1.165) is 16.7 Å². The van der Waals surface area contributed by atoms with E-state index in [4.69, 9.17) is 16.9 Å². The molecule has 1 aliphatic heterocycles. The van der Waals surface area contributed by atoms with Gasteiger partial charge in [0.15, 0.2) is 11.1 Å². The molecule has 2 rings (SSSR count). The van der Waals surface area contributed by atoms with Gasteiger partial charge in [-0.05, 0) is 12.1 Å². The Labute approximate surface area is 119 Å². The van der Waals surface area contributed by atoms with E-state index >= 15 is 0 Å². The second kappa shape index (κ2) is 5.74. The van der Waals surface area contributed by atoms with Crippen LogP contribution in [0.4, 0.5) is 5.69 Å². The van der Waals surface area contributed by atoms with Crippen LogP contribution >= 0.6 is 11.8 Å². The Kier molecular flexibility index (Phi) is 4.04. The summed E-state index contributed by atoms with van der Waals surface area (Å²) in [5.74, 6) is -0.905. The molecule has 0 spiro atoms. The number of hydrogen-bond acceptors (Lipinski definition) is 4. The number of nitrogens with zero attached hydrogens (tertiary/aromatic N) is 2. The molecule has 1 fully saturated rings. The van der Waals surface area contributed by atoms with E-state index in [1.807, 2.05) is 0 Å². The summed E-state index contributed by atoms with van der Waals surface area (Å²) >= 11 is 0.870. The van der Waals surface area contributed by atoms with Crippen LogP contribution in [-0.2, 0) is 9.59 Å². The molecule has 1 atom stereocenters. The van der Waals surface area contributed by atoms with E-state index in [1.165, 1.54) is 0 Å². The van der Waals surface area contributed by atoms with Crippen molar-refractivity contribution in [1.29, 1.82) is 5.41 Å². The van der Waals surface area contributed by atoms with Crippen molar-refractivity contribution in [2.45, 2.75) is 11.7 Å². The number of anilines is 1. The molecule has 5 N–H and O–H groups in total. The molecule has 0 saturated carbocycles. The molecule has 2 amide bonds. The van der Waals surface area contributed by atoms with Gasteiger partial charge < -0.3 is 11.5 Å². The van der Waals surface area contributed by atoms with Gasteiger partial charge in [0.2, 0.25) is 11.8 Å². The van der Waals surface area contributed by atoms with Crippen LogP contribution in [0, 0.1) is 5.41 Å². The van der Waals surface area contributed by atoms with Crippen LogP contribution in [0.25, 0.3) is 0 Å².